The van der Waals surface area contributed by atoms with Crippen LogP contribution in [0.25, 0.3) is 10.6 Å². The smallest absolute Gasteiger partial charge is 0.128 e. The Hall–Kier alpha value is -1.35. The Morgan fingerprint density at radius 3 is 2.92 bits per heavy atom. The lowest BCUT2D eigenvalue weighted by atomic mass is 10.1. The fourth-order valence-electron chi connectivity index (χ4n) is 1.19. The average molecular weight is 191 g/mol. The summed E-state index contributed by atoms with van der Waals surface area (Å²) < 4.78 is 0. The number of aryl methyl sites for hydroxylation is 1. The maximum absolute atomic E-state index is 9.74. The second-order valence-corrected chi connectivity index (χ2v) is 3.70. The number of hydrogen-bond donors (Lipinski definition) is 1. The van der Waals surface area contributed by atoms with E-state index in [4.69, 9.17) is 0 Å². The average Bonchev–Trinajstić information content (AvgIpc) is 2.62. The van der Waals surface area contributed by atoms with Crippen molar-refractivity contribution in [1.82, 2.24) is 4.98 Å². The summed E-state index contributed by atoms with van der Waals surface area (Å²) in [4.78, 5) is 4.15. The molecule has 1 aromatic heterocycles. The van der Waals surface area contributed by atoms with E-state index in [0.717, 1.165) is 16.1 Å². The van der Waals surface area contributed by atoms with Gasteiger partial charge in [0.05, 0.1) is 5.56 Å². The van der Waals surface area contributed by atoms with Gasteiger partial charge in [0, 0.05) is 11.6 Å². The molecule has 0 amide bonds. The molecule has 0 aliphatic heterocycles. The van der Waals surface area contributed by atoms with Crippen LogP contribution in [0.1, 0.15) is 5.56 Å². The third-order valence-corrected chi connectivity index (χ3v) is 2.71. The summed E-state index contributed by atoms with van der Waals surface area (Å²) in [6, 6.07) is 5.68. The molecule has 1 aromatic carbocycles. The van der Waals surface area contributed by atoms with Crippen molar-refractivity contribution < 1.29 is 5.11 Å². The lowest BCUT2D eigenvalue weighted by molar-refractivity contribution is 0.473. The van der Waals surface area contributed by atoms with E-state index < -0.39 is 0 Å². The Morgan fingerprint density at radius 2 is 2.23 bits per heavy atom. The van der Waals surface area contributed by atoms with Crippen LogP contribution >= 0.6 is 11.3 Å². The first kappa shape index (κ1) is 8.26. The van der Waals surface area contributed by atoms with Crippen LogP contribution in [0.5, 0.6) is 5.75 Å². The van der Waals surface area contributed by atoms with Gasteiger partial charge in [-0.2, -0.15) is 0 Å². The molecular weight excluding hydrogens is 182 g/mol. The van der Waals surface area contributed by atoms with Gasteiger partial charge >= 0.3 is 0 Å². The predicted octanol–water partition coefficient (Wildman–Crippen LogP) is 2.82. The van der Waals surface area contributed by atoms with Gasteiger partial charge in [-0.25, -0.2) is 4.98 Å². The molecule has 0 aliphatic carbocycles. The fourth-order valence-corrected chi connectivity index (χ4v) is 1.85. The van der Waals surface area contributed by atoms with Crippen LogP contribution in [0.15, 0.2) is 29.8 Å². The highest BCUT2D eigenvalue weighted by Crippen LogP contribution is 2.32. The van der Waals surface area contributed by atoms with E-state index in [9.17, 15) is 5.11 Å². The molecule has 1 heterocycles. The number of aromatic hydroxyl groups is 1. The Bertz CT molecular complexity index is 409. The fraction of sp³-hybridized carbons (Fsp3) is 0.100. The van der Waals surface area contributed by atoms with Crippen LogP contribution < -0.4 is 0 Å². The standard InChI is InChI=1S/C10H9NOS/c1-7-3-2-4-8(9(7)12)10-11-5-6-13-10/h2-6,12H,1H3. The molecule has 3 heteroatoms. The molecule has 2 rings (SSSR count). The zero-order valence-corrected chi connectivity index (χ0v) is 8.01. The Balaban J connectivity index is 2.59. The van der Waals surface area contributed by atoms with Gasteiger partial charge < -0.3 is 5.11 Å². The van der Waals surface area contributed by atoms with Gasteiger partial charge in [0.25, 0.3) is 0 Å². The summed E-state index contributed by atoms with van der Waals surface area (Å²) in [6.45, 7) is 1.88. The summed E-state index contributed by atoms with van der Waals surface area (Å²) in [5.74, 6) is 0.331. The van der Waals surface area contributed by atoms with E-state index in [1.807, 2.05) is 30.5 Å². The maximum Gasteiger partial charge on any atom is 0.128 e. The molecule has 0 saturated carbocycles. The van der Waals surface area contributed by atoms with Crippen molar-refractivity contribution in [1.29, 1.82) is 0 Å². The van der Waals surface area contributed by atoms with E-state index >= 15 is 0 Å². The highest BCUT2D eigenvalue weighted by molar-refractivity contribution is 7.13. The van der Waals surface area contributed by atoms with Gasteiger partial charge in [-0.1, -0.05) is 12.1 Å². The summed E-state index contributed by atoms with van der Waals surface area (Å²) in [5, 5.41) is 12.5. The largest absolute Gasteiger partial charge is 0.507 e. The summed E-state index contributed by atoms with van der Waals surface area (Å²) in [5.41, 5.74) is 1.70. The number of aromatic nitrogens is 1. The number of phenolic OH excluding ortho intramolecular Hbond substituents is 1. The highest BCUT2D eigenvalue weighted by atomic mass is 32.1. The van der Waals surface area contributed by atoms with Gasteiger partial charge in [-0.15, -0.1) is 11.3 Å². The number of thiazole rings is 1. The molecule has 0 radical (unpaired) electrons. The molecule has 2 nitrogen and oxygen atoms in total. The maximum atomic E-state index is 9.74. The molecule has 66 valence electrons. The van der Waals surface area contributed by atoms with Gasteiger partial charge in [-0.3, -0.25) is 0 Å². The number of rotatable bonds is 1. The number of hydrogen-bond acceptors (Lipinski definition) is 3. The molecular formula is C10H9NOS. The molecule has 2 aromatic rings. The Kier molecular flexibility index (Phi) is 2.02. The van der Waals surface area contributed by atoms with Crippen molar-refractivity contribution in [3.63, 3.8) is 0 Å². The second-order valence-electron chi connectivity index (χ2n) is 2.81. The molecule has 0 saturated heterocycles. The normalized spacial score (nSPS) is 10.2. The molecule has 0 fully saturated rings. The SMILES string of the molecule is Cc1cccc(-c2nccs2)c1O. The first-order valence-corrected chi connectivity index (χ1v) is 4.85. The Labute approximate surface area is 80.5 Å². The zero-order chi connectivity index (χ0) is 9.26. The van der Waals surface area contributed by atoms with Crippen LogP contribution in [-0.2, 0) is 0 Å². The predicted molar refractivity (Wildman–Crippen MR) is 54.0 cm³/mol. The molecule has 0 spiro atoms. The monoisotopic (exact) mass is 191 g/mol. The van der Waals surface area contributed by atoms with Gasteiger partial charge in [0.2, 0.25) is 0 Å². The van der Waals surface area contributed by atoms with Crippen molar-refractivity contribution in [2.24, 2.45) is 0 Å². The summed E-state index contributed by atoms with van der Waals surface area (Å²) in [6.07, 6.45) is 1.74. The third-order valence-electron chi connectivity index (χ3n) is 1.90. The van der Waals surface area contributed by atoms with Crippen LogP contribution in [0.4, 0.5) is 0 Å². The van der Waals surface area contributed by atoms with E-state index in [1.54, 1.807) is 6.20 Å². The third kappa shape index (κ3) is 1.42. The number of para-hydroxylation sites is 1. The van der Waals surface area contributed by atoms with Crippen LogP contribution in [0.2, 0.25) is 0 Å². The number of benzene rings is 1. The lowest BCUT2D eigenvalue weighted by Crippen LogP contribution is -1.80. The van der Waals surface area contributed by atoms with E-state index in [2.05, 4.69) is 4.98 Å². The second kappa shape index (κ2) is 3.18. The zero-order valence-electron chi connectivity index (χ0n) is 7.19. The lowest BCUT2D eigenvalue weighted by Gasteiger charge is -2.02. The van der Waals surface area contributed by atoms with E-state index in [-0.39, 0.29) is 0 Å². The van der Waals surface area contributed by atoms with E-state index in [0.29, 0.717) is 5.75 Å². The number of phenols is 1. The quantitative estimate of drug-likeness (QED) is 0.751. The molecule has 13 heavy (non-hydrogen) atoms. The minimum absolute atomic E-state index is 0.331. The van der Waals surface area contributed by atoms with Crippen molar-refractivity contribution in [2.75, 3.05) is 0 Å². The summed E-state index contributed by atoms with van der Waals surface area (Å²) in [7, 11) is 0. The highest BCUT2D eigenvalue weighted by Gasteiger charge is 2.07. The Morgan fingerprint density at radius 1 is 1.38 bits per heavy atom. The minimum Gasteiger partial charge on any atom is -0.507 e. The van der Waals surface area contributed by atoms with Crippen LogP contribution in [0, 0.1) is 6.92 Å². The number of nitrogens with zero attached hydrogens (tertiary/aromatic N) is 1. The van der Waals surface area contributed by atoms with Crippen molar-refractivity contribution in [3.8, 4) is 16.3 Å². The molecule has 0 atom stereocenters. The van der Waals surface area contributed by atoms with Crippen LogP contribution in [-0.4, -0.2) is 10.1 Å². The molecule has 1 N–H and O–H groups in total. The van der Waals surface area contributed by atoms with Crippen molar-refractivity contribution >= 4 is 11.3 Å². The van der Waals surface area contributed by atoms with Gasteiger partial charge in [0.15, 0.2) is 0 Å². The van der Waals surface area contributed by atoms with Gasteiger partial charge in [0.1, 0.15) is 10.8 Å². The van der Waals surface area contributed by atoms with Crippen molar-refractivity contribution in [2.45, 2.75) is 6.92 Å². The summed E-state index contributed by atoms with van der Waals surface area (Å²) >= 11 is 1.53. The molecule has 0 unspecified atom stereocenters. The molecule has 0 bridgehead atoms. The topological polar surface area (TPSA) is 33.1 Å². The van der Waals surface area contributed by atoms with E-state index in [1.165, 1.54) is 11.3 Å². The first-order chi connectivity index (χ1) is 6.29. The van der Waals surface area contributed by atoms with Crippen molar-refractivity contribution in [3.05, 3.63) is 35.3 Å². The molecule has 0 aliphatic rings. The first-order valence-electron chi connectivity index (χ1n) is 3.97. The van der Waals surface area contributed by atoms with Crippen LogP contribution in [0.3, 0.4) is 0 Å². The minimum atomic E-state index is 0.331. The van der Waals surface area contributed by atoms with Gasteiger partial charge in [-0.05, 0) is 18.6 Å².